The van der Waals surface area contributed by atoms with Gasteiger partial charge in [0.15, 0.2) is 11.5 Å². The molecule has 2 saturated heterocycles. The third-order valence-electron chi connectivity index (χ3n) is 5.32. The first-order valence-corrected chi connectivity index (χ1v) is 8.08. The van der Waals surface area contributed by atoms with Crippen molar-refractivity contribution in [3.8, 4) is 11.5 Å². The number of aromatic hydroxyl groups is 1. The summed E-state index contributed by atoms with van der Waals surface area (Å²) >= 11 is 0. The Morgan fingerprint density at radius 1 is 1.48 bits per heavy atom. The molecule has 23 heavy (non-hydrogen) atoms. The van der Waals surface area contributed by atoms with Crippen molar-refractivity contribution in [3.63, 3.8) is 0 Å². The molecule has 0 aliphatic carbocycles. The van der Waals surface area contributed by atoms with E-state index in [9.17, 15) is 9.90 Å². The monoisotopic (exact) mass is 315 g/mol. The van der Waals surface area contributed by atoms with Crippen LogP contribution < -0.4 is 4.74 Å². The molecule has 5 nitrogen and oxygen atoms in total. The van der Waals surface area contributed by atoms with E-state index in [1.54, 1.807) is 13.2 Å². The lowest BCUT2D eigenvalue weighted by atomic mass is 9.78. The van der Waals surface area contributed by atoms with Gasteiger partial charge in [-0.3, -0.25) is 4.79 Å². The molecule has 3 heterocycles. The molecule has 5 heteroatoms. The van der Waals surface area contributed by atoms with Crippen molar-refractivity contribution in [2.45, 2.75) is 31.4 Å². The Bertz CT molecular complexity index is 680. The highest BCUT2D eigenvalue weighted by Gasteiger charge is 2.42. The predicted molar refractivity (Wildman–Crippen MR) is 84.4 cm³/mol. The maximum atomic E-state index is 12.6. The average Bonchev–Trinajstić information content (AvgIpc) is 3.38. The molecular formula is C18H21NO4. The normalized spacial score (nSPS) is 28.8. The highest BCUT2D eigenvalue weighted by Crippen LogP contribution is 2.45. The van der Waals surface area contributed by atoms with Gasteiger partial charge >= 0.3 is 0 Å². The standard InChI is InChI=1S/C18H21NO4/c1-10(17-9-23-17)12-5-14-13-8-15(20)16(22-2)6-11(13)3-4-19(14)18(21)7-12/h6,8,12,14,17,20H,1,3-5,7,9H2,2H3/t12-,14+,17?/m1/s1. The summed E-state index contributed by atoms with van der Waals surface area (Å²) in [5.74, 6) is 0.958. The maximum Gasteiger partial charge on any atom is 0.223 e. The number of methoxy groups -OCH3 is 1. The zero-order valence-electron chi connectivity index (χ0n) is 13.2. The van der Waals surface area contributed by atoms with E-state index in [-0.39, 0.29) is 29.7 Å². The molecule has 0 bridgehead atoms. The molecule has 3 atom stereocenters. The van der Waals surface area contributed by atoms with E-state index >= 15 is 0 Å². The number of hydrogen-bond acceptors (Lipinski definition) is 4. The fourth-order valence-electron chi connectivity index (χ4n) is 3.92. The van der Waals surface area contributed by atoms with Gasteiger partial charge in [-0.15, -0.1) is 0 Å². The third-order valence-corrected chi connectivity index (χ3v) is 5.32. The van der Waals surface area contributed by atoms with E-state index < -0.39 is 0 Å². The van der Waals surface area contributed by atoms with Gasteiger partial charge in [0.2, 0.25) is 5.91 Å². The number of nitrogens with zero attached hydrogens (tertiary/aromatic N) is 1. The fraction of sp³-hybridized carbons (Fsp3) is 0.500. The number of ether oxygens (including phenoxy) is 2. The summed E-state index contributed by atoms with van der Waals surface area (Å²) in [4.78, 5) is 14.5. The molecule has 1 N–H and O–H groups in total. The highest BCUT2D eigenvalue weighted by atomic mass is 16.6. The lowest BCUT2D eigenvalue weighted by Gasteiger charge is -2.43. The first-order valence-electron chi connectivity index (χ1n) is 8.08. The number of amides is 1. The molecule has 0 aromatic heterocycles. The largest absolute Gasteiger partial charge is 0.504 e. The van der Waals surface area contributed by atoms with E-state index in [1.807, 2.05) is 11.0 Å². The Kier molecular flexibility index (Phi) is 3.34. The van der Waals surface area contributed by atoms with E-state index in [2.05, 4.69) is 6.58 Å². The summed E-state index contributed by atoms with van der Waals surface area (Å²) in [5, 5.41) is 10.1. The van der Waals surface area contributed by atoms with Gasteiger partial charge in [0.05, 0.1) is 19.8 Å². The molecule has 4 rings (SSSR count). The molecule has 0 spiro atoms. The summed E-state index contributed by atoms with van der Waals surface area (Å²) < 4.78 is 10.5. The van der Waals surface area contributed by atoms with Crippen LogP contribution in [0.3, 0.4) is 0 Å². The van der Waals surface area contributed by atoms with Crippen LogP contribution in [-0.4, -0.2) is 42.3 Å². The molecule has 1 aromatic rings. The maximum absolute atomic E-state index is 12.6. The Morgan fingerprint density at radius 3 is 2.96 bits per heavy atom. The van der Waals surface area contributed by atoms with Gasteiger partial charge < -0.3 is 19.5 Å². The van der Waals surface area contributed by atoms with Gasteiger partial charge in [-0.25, -0.2) is 0 Å². The van der Waals surface area contributed by atoms with Crippen molar-refractivity contribution in [2.24, 2.45) is 5.92 Å². The number of rotatable bonds is 3. The van der Waals surface area contributed by atoms with Gasteiger partial charge in [-0.1, -0.05) is 6.58 Å². The first-order chi connectivity index (χ1) is 11.1. The predicted octanol–water partition coefficient (Wildman–Crippen LogP) is 2.19. The van der Waals surface area contributed by atoms with Crippen LogP contribution in [0.25, 0.3) is 0 Å². The van der Waals surface area contributed by atoms with Crippen molar-refractivity contribution >= 4 is 5.91 Å². The minimum atomic E-state index is 0.0114. The average molecular weight is 315 g/mol. The quantitative estimate of drug-likeness (QED) is 0.686. The minimum Gasteiger partial charge on any atom is -0.504 e. The van der Waals surface area contributed by atoms with Gasteiger partial charge in [-0.2, -0.15) is 0 Å². The van der Waals surface area contributed by atoms with Crippen molar-refractivity contribution in [3.05, 3.63) is 35.4 Å². The molecule has 0 radical (unpaired) electrons. The van der Waals surface area contributed by atoms with Crippen LogP contribution in [0.1, 0.15) is 30.0 Å². The highest BCUT2D eigenvalue weighted by molar-refractivity contribution is 5.79. The summed E-state index contributed by atoms with van der Waals surface area (Å²) in [6.07, 6.45) is 2.30. The minimum absolute atomic E-state index is 0.0114. The summed E-state index contributed by atoms with van der Waals surface area (Å²) in [5.41, 5.74) is 3.24. The summed E-state index contributed by atoms with van der Waals surface area (Å²) in [6.45, 7) is 5.60. The second-order valence-corrected chi connectivity index (χ2v) is 6.61. The molecular weight excluding hydrogens is 294 g/mol. The lowest BCUT2D eigenvalue weighted by molar-refractivity contribution is -0.138. The van der Waals surface area contributed by atoms with E-state index in [0.29, 0.717) is 12.2 Å². The van der Waals surface area contributed by atoms with Gasteiger partial charge in [0, 0.05) is 13.0 Å². The van der Waals surface area contributed by atoms with Crippen LogP contribution in [-0.2, 0) is 16.0 Å². The van der Waals surface area contributed by atoms with Crippen LogP contribution in [0.4, 0.5) is 0 Å². The van der Waals surface area contributed by atoms with Crippen molar-refractivity contribution in [2.75, 3.05) is 20.3 Å². The molecule has 1 aromatic carbocycles. The van der Waals surface area contributed by atoms with Crippen LogP contribution in [0.15, 0.2) is 24.3 Å². The van der Waals surface area contributed by atoms with Crippen LogP contribution >= 0.6 is 0 Å². The molecule has 3 aliphatic rings. The Labute approximate surface area is 135 Å². The molecule has 1 unspecified atom stereocenters. The second kappa shape index (κ2) is 5.27. The third kappa shape index (κ3) is 2.39. The molecule has 3 aliphatic heterocycles. The Morgan fingerprint density at radius 2 is 2.26 bits per heavy atom. The number of epoxide rings is 1. The number of carbonyl (C=O) groups excluding carboxylic acids is 1. The van der Waals surface area contributed by atoms with Crippen LogP contribution in [0.2, 0.25) is 0 Å². The molecule has 1 amide bonds. The van der Waals surface area contributed by atoms with Gasteiger partial charge in [0.1, 0.15) is 6.10 Å². The van der Waals surface area contributed by atoms with E-state index in [4.69, 9.17) is 9.47 Å². The zero-order chi connectivity index (χ0) is 16.1. The Balaban J connectivity index is 1.68. The zero-order valence-corrected chi connectivity index (χ0v) is 13.2. The number of phenols is 1. The molecule has 2 fully saturated rings. The number of benzene rings is 1. The SMILES string of the molecule is C=C(C1CO1)[C@H]1CC(=O)N2CCc3cc(OC)c(O)cc3[C@@H]2C1. The smallest absolute Gasteiger partial charge is 0.223 e. The van der Waals surface area contributed by atoms with Crippen molar-refractivity contribution in [1.82, 2.24) is 4.90 Å². The molecule has 0 saturated carbocycles. The number of piperidine rings is 1. The number of hydrogen-bond donors (Lipinski definition) is 1. The Hall–Kier alpha value is -2.01. The van der Waals surface area contributed by atoms with Gasteiger partial charge in [-0.05, 0) is 47.6 Å². The van der Waals surface area contributed by atoms with Crippen molar-refractivity contribution in [1.29, 1.82) is 0 Å². The molecule has 122 valence electrons. The number of fused-ring (bicyclic) bond motifs is 3. The summed E-state index contributed by atoms with van der Waals surface area (Å²) in [6, 6.07) is 3.67. The summed E-state index contributed by atoms with van der Waals surface area (Å²) in [7, 11) is 1.55. The number of phenolic OH excluding ortho intramolecular Hbond substituents is 1. The number of carbonyl (C=O) groups is 1. The van der Waals surface area contributed by atoms with Crippen LogP contribution in [0.5, 0.6) is 11.5 Å². The lowest BCUT2D eigenvalue weighted by Crippen LogP contribution is -2.45. The second-order valence-electron chi connectivity index (χ2n) is 6.61. The van der Waals surface area contributed by atoms with Gasteiger partial charge in [0.25, 0.3) is 0 Å². The van der Waals surface area contributed by atoms with E-state index in [0.717, 1.165) is 42.7 Å². The van der Waals surface area contributed by atoms with Crippen molar-refractivity contribution < 1.29 is 19.4 Å². The topological polar surface area (TPSA) is 62.3 Å². The fourth-order valence-corrected chi connectivity index (χ4v) is 3.92. The van der Waals surface area contributed by atoms with E-state index in [1.165, 1.54) is 0 Å². The van der Waals surface area contributed by atoms with Crippen LogP contribution in [0, 0.1) is 5.92 Å². The first kappa shape index (κ1) is 14.6.